The quantitative estimate of drug-likeness (QED) is 0.395. The van der Waals surface area contributed by atoms with Crippen LogP contribution in [0.5, 0.6) is 0 Å². The third-order valence-electron chi connectivity index (χ3n) is 0.717. The zero-order chi connectivity index (χ0) is 5.70. The van der Waals surface area contributed by atoms with Crippen LogP contribution in [0.3, 0.4) is 0 Å². The normalized spacial score (nSPS) is 13.3. The van der Waals surface area contributed by atoms with Gasteiger partial charge in [-0.2, -0.15) is 0 Å². The Morgan fingerprint density at radius 3 is 2.43 bits per heavy atom. The number of thiol groups is 1. The lowest BCUT2D eigenvalue weighted by atomic mass is 10.3. The lowest BCUT2D eigenvalue weighted by molar-refractivity contribution is 1.55. The fourth-order valence-electron chi connectivity index (χ4n) is 0.166. The van der Waals surface area contributed by atoms with Crippen LogP contribution in [0.4, 0.5) is 0 Å². The largest absolute Gasteiger partial charge is 0.228 e. The standard InChI is InChI=1S/C5H9NS/c1-3-5(2)4-6-7/h3-4,7H,1-2H3/b5-3-,6-4?. The van der Waals surface area contributed by atoms with Crippen LogP contribution in [0.1, 0.15) is 13.8 Å². The van der Waals surface area contributed by atoms with E-state index in [0.717, 1.165) is 5.57 Å². The van der Waals surface area contributed by atoms with Crippen LogP contribution < -0.4 is 0 Å². The molecule has 0 aliphatic rings. The maximum absolute atomic E-state index is 3.64. The van der Waals surface area contributed by atoms with E-state index >= 15 is 0 Å². The minimum Gasteiger partial charge on any atom is -0.228 e. The van der Waals surface area contributed by atoms with Gasteiger partial charge in [0.25, 0.3) is 0 Å². The van der Waals surface area contributed by atoms with Crippen LogP contribution in [0, 0.1) is 0 Å². The molecule has 0 aliphatic heterocycles. The van der Waals surface area contributed by atoms with Crippen molar-refractivity contribution in [2.45, 2.75) is 13.8 Å². The van der Waals surface area contributed by atoms with E-state index in [1.54, 1.807) is 6.21 Å². The van der Waals surface area contributed by atoms with Gasteiger partial charge in [0.15, 0.2) is 0 Å². The Morgan fingerprint density at radius 1 is 1.71 bits per heavy atom. The molecule has 1 nitrogen and oxygen atoms in total. The van der Waals surface area contributed by atoms with Gasteiger partial charge in [0, 0.05) is 6.21 Å². The average molecular weight is 115 g/mol. The van der Waals surface area contributed by atoms with Crippen LogP contribution in [-0.2, 0) is 0 Å². The van der Waals surface area contributed by atoms with Crippen molar-refractivity contribution in [3.63, 3.8) is 0 Å². The van der Waals surface area contributed by atoms with Crippen LogP contribution in [0.2, 0.25) is 0 Å². The summed E-state index contributed by atoms with van der Waals surface area (Å²) in [5, 5.41) is 0. The highest BCUT2D eigenvalue weighted by molar-refractivity contribution is 7.78. The van der Waals surface area contributed by atoms with Gasteiger partial charge >= 0.3 is 0 Å². The predicted molar refractivity (Wildman–Crippen MR) is 36.9 cm³/mol. The van der Waals surface area contributed by atoms with Crippen molar-refractivity contribution >= 4 is 19.0 Å². The van der Waals surface area contributed by atoms with Gasteiger partial charge in [-0.1, -0.05) is 6.08 Å². The Hall–Kier alpha value is -0.240. The highest BCUT2D eigenvalue weighted by Gasteiger charge is 1.71. The summed E-state index contributed by atoms with van der Waals surface area (Å²) in [4.78, 5) is 0. The van der Waals surface area contributed by atoms with Crippen molar-refractivity contribution in [2.75, 3.05) is 0 Å². The van der Waals surface area contributed by atoms with Gasteiger partial charge in [-0.15, -0.1) is 0 Å². The number of rotatable bonds is 1. The van der Waals surface area contributed by atoms with E-state index in [1.165, 1.54) is 0 Å². The predicted octanol–water partition coefficient (Wildman–Crippen LogP) is 1.87. The summed E-state index contributed by atoms with van der Waals surface area (Å²) >= 11 is 3.64. The Bertz CT molecular complexity index is 94.3. The number of hydrogen-bond donors (Lipinski definition) is 1. The monoisotopic (exact) mass is 115 g/mol. The molecule has 0 bridgehead atoms. The molecule has 0 unspecified atom stereocenters. The Balaban J connectivity index is 3.58. The maximum atomic E-state index is 3.64. The van der Waals surface area contributed by atoms with Gasteiger partial charge in [-0.25, -0.2) is 4.40 Å². The average Bonchev–Trinajstić information content (AvgIpc) is 1.68. The van der Waals surface area contributed by atoms with Crippen molar-refractivity contribution in [3.05, 3.63) is 11.6 Å². The van der Waals surface area contributed by atoms with E-state index < -0.39 is 0 Å². The molecular weight excluding hydrogens is 106 g/mol. The van der Waals surface area contributed by atoms with E-state index in [1.807, 2.05) is 19.9 Å². The number of nitrogens with zero attached hydrogens (tertiary/aromatic N) is 1. The van der Waals surface area contributed by atoms with Crippen molar-refractivity contribution < 1.29 is 0 Å². The summed E-state index contributed by atoms with van der Waals surface area (Å²) in [6, 6.07) is 0. The molecule has 0 aromatic carbocycles. The fraction of sp³-hybridized carbons (Fsp3) is 0.400. The first-order valence-electron chi connectivity index (χ1n) is 2.11. The fourth-order valence-corrected chi connectivity index (χ4v) is 0.348. The zero-order valence-corrected chi connectivity index (χ0v) is 5.44. The molecule has 0 aromatic heterocycles. The summed E-state index contributed by atoms with van der Waals surface area (Å²) < 4.78 is 3.51. The van der Waals surface area contributed by atoms with Gasteiger partial charge in [0.05, 0.1) is 0 Å². The molecule has 0 amide bonds. The Kier molecular flexibility index (Phi) is 3.80. The van der Waals surface area contributed by atoms with Crippen molar-refractivity contribution in [1.82, 2.24) is 0 Å². The van der Waals surface area contributed by atoms with Crippen molar-refractivity contribution in [1.29, 1.82) is 0 Å². The minimum absolute atomic E-state index is 1.13. The van der Waals surface area contributed by atoms with E-state index in [0.29, 0.717) is 0 Å². The second-order valence-electron chi connectivity index (χ2n) is 1.28. The first kappa shape index (κ1) is 6.76. The third kappa shape index (κ3) is 3.59. The molecule has 0 atom stereocenters. The van der Waals surface area contributed by atoms with Gasteiger partial charge in [0.1, 0.15) is 0 Å². The molecule has 7 heavy (non-hydrogen) atoms. The molecule has 0 rings (SSSR count). The first-order chi connectivity index (χ1) is 3.31. The highest BCUT2D eigenvalue weighted by atomic mass is 32.1. The van der Waals surface area contributed by atoms with Crippen LogP contribution in [0.25, 0.3) is 0 Å². The molecule has 0 N–H and O–H groups in total. The summed E-state index contributed by atoms with van der Waals surface area (Å²) in [5.74, 6) is 0. The summed E-state index contributed by atoms with van der Waals surface area (Å²) in [6.45, 7) is 3.94. The number of allylic oxidation sites excluding steroid dienone is 2. The van der Waals surface area contributed by atoms with Gasteiger partial charge in [-0.3, -0.25) is 0 Å². The first-order valence-corrected chi connectivity index (χ1v) is 2.51. The molecule has 0 saturated heterocycles. The second-order valence-corrected chi connectivity index (χ2v) is 1.51. The van der Waals surface area contributed by atoms with E-state index in [-0.39, 0.29) is 0 Å². The van der Waals surface area contributed by atoms with E-state index in [4.69, 9.17) is 0 Å². The third-order valence-corrected chi connectivity index (χ3v) is 0.832. The van der Waals surface area contributed by atoms with Crippen LogP contribution >= 0.6 is 12.8 Å². The Morgan fingerprint density at radius 2 is 2.29 bits per heavy atom. The molecule has 0 aliphatic carbocycles. The molecule has 0 aromatic rings. The highest BCUT2D eigenvalue weighted by Crippen LogP contribution is 1.85. The molecule has 0 fully saturated rings. The van der Waals surface area contributed by atoms with Crippen LogP contribution in [-0.4, -0.2) is 6.21 Å². The lowest BCUT2D eigenvalue weighted by Crippen LogP contribution is -1.70. The van der Waals surface area contributed by atoms with Gasteiger partial charge in [-0.05, 0) is 32.2 Å². The molecule has 40 valence electrons. The molecule has 2 heteroatoms. The Labute approximate surface area is 49.7 Å². The van der Waals surface area contributed by atoms with Gasteiger partial charge in [0.2, 0.25) is 0 Å². The van der Waals surface area contributed by atoms with E-state index in [9.17, 15) is 0 Å². The summed E-state index contributed by atoms with van der Waals surface area (Å²) in [7, 11) is 0. The van der Waals surface area contributed by atoms with Crippen LogP contribution in [0.15, 0.2) is 16.0 Å². The van der Waals surface area contributed by atoms with E-state index in [2.05, 4.69) is 17.2 Å². The molecule has 0 saturated carbocycles. The molecule has 0 spiro atoms. The maximum Gasteiger partial charge on any atom is 0.0374 e. The van der Waals surface area contributed by atoms with Crippen molar-refractivity contribution in [2.24, 2.45) is 4.40 Å². The van der Waals surface area contributed by atoms with Crippen molar-refractivity contribution in [3.8, 4) is 0 Å². The SMILES string of the molecule is C/C=C(/C)C=NS. The summed E-state index contributed by atoms with van der Waals surface area (Å²) in [6.07, 6.45) is 3.67. The molecular formula is C5H9NS. The minimum atomic E-state index is 1.13. The smallest absolute Gasteiger partial charge is 0.0374 e. The lowest BCUT2D eigenvalue weighted by Gasteiger charge is -1.79. The number of hydrogen-bond acceptors (Lipinski definition) is 2. The second kappa shape index (κ2) is 3.93. The zero-order valence-electron chi connectivity index (χ0n) is 4.55. The molecule has 0 heterocycles. The van der Waals surface area contributed by atoms with Gasteiger partial charge < -0.3 is 0 Å². The molecule has 0 radical (unpaired) electrons. The topological polar surface area (TPSA) is 12.4 Å². The summed E-state index contributed by atoms with van der Waals surface area (Å²) in [5.41, 5.74) is 1.13.